The smallest absolute Gasteiger partial charge is 0.306 e. The average molecular weight is 1100 g/mol. The molecule has 0 saturated carbocycles. The highest BCUT2D eigenvalue weighted by Crippen LogP contribution is 2.18. The first-order valence-corrected chi connectivity index (χ1v) is 34.1. The molecule has 0 aliphatic rings. The summed E-state index contributed by atoms with van der Waals surface area (Å²) in [6.07, 6.45) is 89.1. The fourth-order valence-electron chi connectivity index (χ4n) is 9.84. The maximum Gasteiger partial charge on any atom is 0.306 e. The lowest BCUT2D eigenvalue weighted by Gasteiger charge is -2.18. The van der Waals surface area contributed by atoms with Gasteiger partial charge < -0.3 is 14.2 Å². The molecule has 0 saturated heterocycles. The molecule has 0 aromatic rings. The third-order valence-corrected chi connectivity index (χ3v) is 14.9. The van der Waals surface area contributed by atoms with Crippen LogP contribution in [0.1, 0.15) is 342 Å². The van der Waals surface area contributed by atoms with Gasteiger partial charge in [-0.25, -0.2) is 0 Å². The number of esters is 3. The molecule has 0 spiro atoms. The Hall–Kier alpha value is -3.41. The van der Waals surface area contributed by atoms with Crippen LogP contribution < -0.4 is 0 Å². The molecule has 0 aromatic carbocycles. The van der Waals surface area contributed by atoms with Crippen molar-refractivity contribution in [1.82, 2.24) is 0 Å². The van der Waals surface area contributed by atoms with Gasteiger partial charge in [0.1, 0.15) is 13.2 Å². The van der Waals surface area contributed by atoms with Gasteiger partial charge in [-0.2, -0.15) is 0 Å². The number of ether oxygens (including phenoxy) is 3. The van der Waals surface area contributed by atoms with Gasteiger partial charge in [0, 0.05) is 19.3 Å². The second-order valence-corrected chi connectivity index (χ2v) is 22.7. The molecule has 79 heavy (non-hydrogen) atoms. The molecule has 0 rings (SSSR count). The Bertz CT molecular complexity index is 1500. The Labute approximate surface area is 490 Å². The third kappa shape index (κ3) is 65.3. The number of unbranched alkanes of at least 4 members (excludes halogenated alkanes) is 37. The number of rotatable bonds is 62. The molecular formula is C73H128O6. The Kier molecular flexibility index (Phi) is 64.2. The van der Waals surface area contributed by atoms with Crippen LogP contribution in [0.25, 0.3) is 0 Å². The number of hydrogen-bond donors (Lipinski definition) is 0. The van der Waals surface area contributed by atoms with E-state index in [-0.39, 0.29) is 31.1 Å². The van der Waals surface area contributed by atoms with E-state index in [0.29, 0.717) is 19.3 Å². The molecule has 0 N–H and O–H groups in total. The van der Waals surface area contributed by atoms with Crippen molar-refractivity contribution in [3.63, 3.8) is 0 Å². The molecule has 0 aliphatic heterocycles. The summed E-state index contributed by atoms with van der Waals surface area (Å²) >= 11 is 0. The summed E-state index contributed by atoms with van der Waals surface area (Å²) in [6.45, 7) is 6.52. The van der Waals surface area contributed by atoms with Crippen LogP contribution in [0.2, 0.25) is 0 Å². The summed E-state index contributed by atoms with van der Waals surface area (Å²) in [5.74, 6) is -0.907. The van der Waals surface area contributed by atoms with Crippen LogP contribution in [0.15, 0.2) is 85.1 Å². The van der Waals surface area contributed by atoms with Crippen molar-refractivity contribution in [3.05, 3.63) is 85.1 Å². The van der Waals surface area contributed by atoms with Crippen LogP contribution in [0.5, 0.6) is 0 Å². The normalized spacial score (nSPS) is 12.6. The molecule has 1 atom stereocenters. The molecule has 0 aromatic heterocycles. The minimum atomic E-state index is -0.792. The van der Waals surface area contributed by atoms with Crippen molar-refractivity contribution in [1.29, 1.82) is 0 Å². The standard InChI is InChI=1S/C73H128O6/c1-4-7-10-13-16-19-21-23-25-27-29-31-33-35-36-38-39-41-43-45-47-49-51-54-57-60-63-66-72(75)78-69-70(68-77-71(74)65-62-59-56-53-18-15-12-9-6-3)79-73(76)67-64-61-58-55-52-50-48-46-44-42-40-37-34-32-30-28-26-24-22-20-17-14-11-8-5-2/h8,11,17,20,24,26,30,32,37,40,44,46,50,52,70H,4-7,9-10,12-16,18-19,21-23,25,27-29,31,33-36,38-39,41-43,45,47-49,51,53-69H2,1-3H3/b11-8-,20-17-,26-24-,32-30-,40-37-,46-44-,52-50-. The predicted octanol–water partition coefficient (Wildman–Crippen LogP) is 23.4. The zero-order chi connectivity index (χ0) is 57.1. The van der Waals surface area contributed by atoms with Crippen LogP contribution in [0.4, 0.5) is 0 Å². The molecule has 456 valence electrons. The number of carbonyl (C=O) groups is 3. The summed E-state index contributed by atoms with van der Waals surface area (Å²) in [5.41, 5.74) is 0. The molecule has 6 nitrogen and oxygen atoms in total. The second kappa shape index (κ2) is 67.1. The van der Waals surface area contributed by atoms with Crippen molar-refractivity contribution in [3.8, 4) is 0 Å². The van der Waals surface area contributed by atoms with E-state index < -0.39 is 6.10 Å². The van der Waals surface area contributed by atoms with Gasteiger partial charge in [0.2, 0.25) is 0 Å². The third-order valence-electron chi connectivity index (χ3n) is 14.9. The summed E-state index contributed by atoms with van der Waals surface area (Å²) in [5, 5.41) is 0. The van der Waals surface area contributed by atoms with Gasteiger partial charge in [-0.15, -0.1) is 0 Å². The van der Waals surface area contributed by atoms with E-state index in [9.17, 15) is 14.4 Å². The van der Waals surface area contributed by atoms with Crippen LogP contribution in [-0.2, 0) is 28.6 Å². The molecule has 0 heterocycles. The predicted molar refractivity (Wildman–Crippen MR) is 344 cm³/mol. The number of allylic oxidation sites excluding steroid dienone is 14. The van der Waals surface area contributed by atoms with E-state index in [4.69, 9.17) is 14.2 Å². The average Bonchev–Trinajstić information content (AvgIpc) is 3.45. The van der Waals surface area contributed by atoms with Gasteiger partial charge in [-0.05, 0) is 77.0 Å². The van der Waals surface area contributed by atoms with Gasteiger partial charge in [0.15, 0.2) is 6.10 Å². The number of carbonyl (C=O) groups excluding carboxylic acids is 3. The zero-order valence-electron chi connectivity index (χ0n) is 52.4. The molecular weight excluding hydrogens is 973 g/mol. The number of hydrogen-bond acceptors (Lipinski definition) is 6. The van der Waals surface area contributed by atoms with Gasteiger partial charge in [-0.3, -0.25) is 14.4 Å². The van der Waals surface area contributed by atoms with Crippen LogP contribution in [0, 0.1) is 0 Å². The highest BCUT2D eigenvalue weighted by Gasteiger charge is 2.19. The molecule has 1 unspecified atom stereocenters. The van der Waals surface area contributed by atoms with Crippen molar-refractivity contribution in [2.45, 2.75) is 348 Å². The minimum absolute atomic E-state index is 0.0864. The Morgan fingerprint density at radius 3 is 0.772 bits per heavy atom. The zero-order valence-corrected chi connectivity index (χ0v) is 52.4. The lowest BCUT2D eigenvalue weighted by Crippen LogP contribution is -2.30. The monoisotopic (exact) mass is 1100 g/mol. The lowest BCUT2D eigenvalue weighted by atomic mass is 10.0. The van der Waals surface area contributed by atoms with E-state index in [1.54, 1.807) is 0 Å². The van der Waals surface area contributed by atoms with Gasteiger partial charge in [0.05, 0.1) is 0 Å². The summed E-state index contributed by atoms with van der Waals surface area (Å²) in [6, 6.07) is 0. The summed E-state index contributed by atoms with van der Waals surface area (Å²) in [4.78, 5) is 38.2. The SMILES string of the molecule is CC/C=C\C/C=C\C/C=C\C/C=C\C/C=C\C/C=C\C/C=C\CCCCCC(=O)OC(COC(=O)CCCCCCCCCCC)COC(=O)CCCCCCCCCCCCCCCCCCCCCCCCCCCCC. The summed E-state index contributed by atoms with van der Waals surface area (Å²) in [7, 11) is 0. The van der Waals surface area contributed by atoms with E-state index in [1.807, 2.05) is 0 Å². The molecule has 0 aliphatic carbocycles. The van der Waals surface area contributed by atoms with Crippen molar-refractivity contribution >= 4 is 17.9 Å². The highest BCUT2D eigenvalue weighted by molar-refractivity contribution is 5.71. The molecule has 0 radical (unpaired) electrons. The molecule has 0 amide bonds. The van der Waals surface area contributed by atoms with E-state index in [0.717, 1.165) is 109 Å². The van der Waals surface area contributed by atoms with Crippen LogP contribution in [0.3, 0.4) is 0 Å². The summed E-state index contributed by atoms with van der Waals surface area (Å²) < 4.78 is 16.9. The quantitative estimate of drug-likeness (QED) is 0.0261. The lowest BCUT2D eigenvalue weighted by molar-refractivity contribution is -0.167. The Morgan fingerprint density at radius 2 is 0.494 bits per heavy atom. The van der Waals surface area contributed by atoms with Crippen molar-refractivity contribution < 1.29 is 28.6 Å². The van der Waals surface area contributed by atoms with Gasteiger partial charge in [0.25, 0.3) is 0 Å². The van der Waals surface area contributed by atoms with Gasteiger partial charge >= 0.3 is 17.9 Å². The Morgan fingerprint density at radius 1 is 0.266 bits per heavy atom. The van der Waals surface area contributed by atoms with E-state index >= 15 is 0 Å². The molecule has 6 heteroatoms. The van der Waals surface area contributed by atoms with Crippen molar-refractivity contribution in [2.75, 3.05) is 13.2 Å². The molecule has 0 fully saturated rings. The first kappa shape index (κ1) is 75.6. The highest BCUT2D eigenvalue weighted by atomic mass is 16.6. The largest absolute Gasteiger partial charge is 0.462 e. The van der Waals surface area contributed by atoms with Crippen LogP contribution >= 0.6 is 0 Å². The fourth-order valence-corrected chi connectivity index (χ4v) is 9.84. The van der Waals surface area contributed by atoms with Crippen LogP contribution in [-0.4, -0.2) is 37.2 Å². The topological polar surface area (TPSA) is 78.9 Å². The first-order chi connectivity index (χ1) is 39.0. The maximum atomic E-state index is 12.9. The first-order valence-electron chi connectivity index (χ1n) is 34.1. The molecule has 0 bridgehead atoms. The Balaban J connectivity index is 4.22. The second-order valence-electron chi connectivity index (χ2n) is 22.7. The van der Waals surface area contributed by atoms with Crippen molar-refractivity contribution in [2.24, 2.45) is 0 Å². The van der Waals surface area contributed by atoms with Gasteiger partial charge in [-0.1, -0.05) is 331 Å². The fraction of sp³-hybridized carbons (Fsp3) is 0.767. The maximum absolute atomic E-state index is 12.9. The van der Waals surface area contributed by atoms with E-state index in [1.165, 1.54) is 193 Å². The minimum Gasteiger partial charge on any atom is -0.462 e. The van der Waals surface area contributed by atoms with E-state index in [2.05, 4.69) is 106 Å².